The van der Waals surface area contributed by atoms with Gasteiger partial charge >= 0.3 is 0 Å². The van der Waals surface area contributed by atoms with E-state index in [1.807, 2.05) is 36.4 Å². The average Bonchev–Trinajstić information content (AvgIpc) is 2.83. The predicted molar refractivity (Wildman–Crippen MR) is 97.2 cm³/mol. The fourth-order valence-corrected chi connectivity index (χ4v) is 3.99. The number of piperazine rings is 1. The van der Waals surface area contributed by atoms with Crippen molar-refractivity contribution in [2.24, 2.45) is 5.73 Å². The van der Waals surface area contributed by atoms with Crippen LogP contribution in [0.25, 0.3) is 11.3 Å². The van der Waals surface area contributed by atoms with Crippen molar-refractivity contribution in [2.45, 2.75) is 31.3 Å². The summed E-state index contributed by atoms with van der Waals surface area (Å²) in [6.45, 7) is 2.05. The van der Waals surface area contributed by atoms with Crippen molar-refractivity contribution >= 4 is 11.7 Å². The quantitative estimate of drug-likeness (QED) is 0.914. The van der Waals surface area contributed by atoms with E-state index in [9.17, 15) is 4.79 Å². The summed E-state index contributed by atoms with van der Waals surface area (Å²) in [4.78, 5) is 16.0. The SMILES string of the molecule is CN1C2CCC1CN(c1ccc(-c3cccc(CC(N)=O)c3)nn1)C2. The fourth-order valence-electron chi connectivity index (χ4n) is 3.99. The van der Waals surface area contributed by atoms with E-state index in [2.05, 4.69) is 27.0 Å². The first-order valence-electron chi connectivity index (χ1n) is 8.78. The maximum atomic E-state index is 11.1. The average molecular weight is 337 g/mol. The van der Waals surface area contributed by atoms with Gasteiger partial charge in [0.05, 0.1) is 12.1 Å². The van der Waals surface area contributed by atoms with Crippen LogP contribution in [0, 0.1) is 0 Å². The van der Waals surface area contributed by atoms with Crippen LogP contribution in [0.1, 0.15) is 18.4 Å². The third-order valence-electron chi connectivity index (χ3n) is 5.42. The Balaban J connectivity index is 1.52. The Bertz CT molecular complexity index is 762. The Morgan fingerprint density at radius 2 is 1.92 bits per heavy atom. The van der Waals surface area contributed by atoms with E-state index in [1.165, 1.54) is 12.8 Å². The number of hydrogen-bond acceptors (Lipinski definition) is 5. The number of carbonyl (C=O) groups is 1. The van der Waals surface area contributed by atoms with E-state index < -0.39 is 0 Å². The molecule has 2 unspecified atom stereocenters. The lowest BCUT2D eigenvalue weighted by atomic mass is 10.1. The molecule has 3 heterocycles. The van der Waals surface area contributed by atoms with Gasteiger partial charge in [0, 0.05) is 30.7 Å². The summed E-state index contributed by atoms with van der Waals surface area (Å²) < 4.78 is 0. The summed E-state index contributed by atoms with van der Waals surface area (Å²) in [7, 11) is 2.23. The van der Waals surface area contributed by atoms with Crippen LogP contribution in [-0.2, 0) is 11.2 Å². The van der Waals surface area contributed by atoms with Gasteiger partial charge in [0.2, 0.25) is 5.91 Å². The first kappa shape index (κ1) is 16.0. The molecule has 1 aromatic heterocycles. The van der Waals surface area contributed by atoms with Gasteiger partial charge in [-0.15, -0.1) is 10.2 Å². The Morgan fingerprint density at radius 1 is 1.16 bits per heavy atom. The molecule has 0 saturated carbocycles. The second-order valence-electron chi connectivity index (χ2n) is 7.08. The van der Waals surface area contributed by atoms with E-state index in [0.29, 0.717) is 12.1 Å². The third kappa shape index (κ3) is 3.22. The summed E-state index contributed by atoms with van der Waals surface area (Å²) in [6, 6.07) is 13.1. The maximum Gasteiger partial charge on any atom is 0.221 e. The highest BCUT2D eigenvalue weighted by Crippen LogP contribution is 2.30. The number of fused-ring (bicyclic) bond motifs is 2. The van der Waals surface area contributed by atoms with Crippen molar-refractivity contribution in [3.8, 4) is 11.3 Å². The lowest BCUT2D eigenvalue weighted by Gasteiger charge is -2.39. The standard InChI is InChI=1S/C19H23N5O/c1-23-15-5-6-16(23)12-24(11-15)19-8-7-17(21-22-19)14-4-2-3-13(9-14)10-18(20)25/h2-4,7-9,15-16H,5-6,10-12H2,1H3,(H2,20,25). The molecule has 2 aliphatic heterocycles. The largest absolute Gasteiger partial charge is 0.369 e. The van der Waals surface area contributed by atoms with Crippen molar-refractivity contribution < 1.29 is 4.79 Å². The van der Waals surface area contributed by atoms with Crippen molar-refractivity contribution in [3.63, 3.8) is 0 Å². The summed E-state index contributed by atoms with van der Waals surface area (Å²) in [5, 5.41) is 8.87. The van der Waals surface area contributed by atoms with Crippen LogP contribution in [0.4, 0.5) is 5.82 Å². The zero-order valence-corrected chi connectivity index (χ0v) is 14.4. The Labute approximate surface area is 147 Å². The number of benzene rings is 1. The Hall–Kier alpha value is -2.47. The zero-order valence-electron chi connectivity index (χ0n) is 14.4. The number of hydrogen-bond donors (Lipinski definition) is 1. The molecular formula is C19H23N5O. The van der Waals surface area contributed by atoms with E-state index in [0.717, 1.165) is 35.7 Å². The van der Waals surface area contributed by atoms with E-state index >= 15 is 0 Å². The number of primary amides is 1. The van der Waals surface area contributed by atoms with Crippen LogP contribution in [-0.4, -0.2) is 53.2 Å². The Kier molecular flexibility index (Phi) is 4.13. The van der Waals surface area contributed by atoms with Crippen molar-refractivity contribution in [1.82, 2.24) is 15.1 Å². The molecule has 0 aliphatic carbocycles. The number of nitrogens with two attached hydrogens (primary N) is 1. The van der Waals surface area contributed by atoms with Crippen molar-refractivity contribution in [3.05, 3.63) is 42.0 Å². The molecule has 0 spiro atoms. The van der Waals surface area contributed by atoms with Gasteiger partial charge in [-0.3, -0.25) is 9.69 Å². The van der Waals surface area contributed by atoms with Gasteiger partial charge in [-0.05, 0) is 43.7 Å². The van der Waals surface area contributed by atoms with Crippen LogP contribution in [0.15, 0.2) is 36.4 Å². The lowest BCUT2D eigenvalue weighted by Crippen LogP contribution is -2.52. The predicted octanol–water partition coefficient (Wildman–Crippen LogP) is 1.45. The number of rotatable bonds is 4. The lowest BCUT2D eigenvalue weighted by molar-refractivity contribution is -0.117. The van der Waals surface area contributed by atoms with Crippen LogP contribution in [0.3, 0.4) is 0 Å². The molecule has 2 N–H and O–H groups in total. The topological polar surface area (TPSA) is 75.3 Å². The van der Waals surface area contributed by atoms with Gasteiger partial charge in [-0.2, -0.15) is 0 Å². The smallest absolute Gasteiger partial charge is 0.221 e. The van der Waals surface area contributed by atoms with E-state index in [1.54, 1.807) is 0 Å². The van der Waals surface area contributed by atoms with Gasteiger partial charge in [0.15, 0.2) is 5.82 Å². The fraction of sp³-hybridized carbons (Fsp3) is 0.421. The number of anilines is 1. The number of aromatic nitrogens is 2. The number of likely N-dealkylation sites (N-methyl/N-ethyl adjacent to an activating group) is 1. The van der Waals surface area contributed by atoms with Crippen LogP contribution < -0.4 is 10.6 Å². The Morgan fingerprint density at radius 3 is 2.56 bits per heavy atom. The first-order valence-corrected chi connectivity index (χ1v) is 8.78. The minimum absolute atomic E-state index is 0.240. The molecule has 25 heavy (non-hydrogen) atoms. The molecule has 2 atom stereocenters. The monoisotopic (exact) mass is 337 g/mol. The van der Waals surface area contributed by atoms with Crippen molar-refractivity contribution in [1.29, 1.82) is 0 Å². The van der Waals surface area contributed by atoms with Crippen LogP contribution in [0.2, 0.25) is 0 Å². The molecule has 2 aromatic rings. The molecular weight excluding hydrogens is 314 g/mol. The number of nitrogens with zero attached hydrogens (tertiary/aromatic N) is 4. The molecule has 130 valence electrons. The second kappa shape index (κ2) is 6.44. The molecule has 1 aromatic carbocycles. The van der Waals surface area contributed by atoms with Gasteiger partial charge in [0.25, 0.3) is 0 Å². The summed E-state index contributed by atoms with van der Waals surface area (Å²) >= 11 is 0. The minimum atomic E-state index is -0.330. The highest BCUT2D eigenvalue weighted by atomic mass is 16.1. The molecule has 4 rings (SSSR count). The van der Waals surface area contributed by atoms with Gasteiger partial charge < -0.3 is 10.6 Å². The third-order valence-corrected chi connectivity index (χ3v) is 5.42. The molecule has 6 nitrogen and oxygen atoms in total. The highest BCUT2D eigenvalue weighted by Gasteiger charge is 2.37. The summed E-state index contributed by atoms with van der Waals surface area (Å²) in [5.41, 5.74) is 7.94. The van der Waals surface area contributed by atoms with Gasteiger partial charge in [-0.1, -0.05) is 18.2 Å². The van der Waals surface area contributed by atoms with Gasteiger partial charge in [-0.25, -0.2) is 0 Å². The van der Waals surface area contributed by atoms with Gasteiger partial charge in [0.1, 0.15) is 0 Å². The number of carbonyl (C=O) groups excluding carboxylic acids is 1. The maximum absolute atomic E-state index is 11.1. The molecule has 2 fully saturated rings. The van der Waals surface area contributed by atoms with E-state index in [4.69, 9.17) is 5.73 Å². The molecule has 2 saturated heterocycles. The first-order chi connectivity index (χ1) is 12.1. The van der Waals surface area contributed by atoms with Crippen LogP contribution >= 0.6 is 0 Å². The molecule has 2 bridgehead atoms. The van der Waals surface area contributed by atoms with Crippen LogP contribution in [0.5, 0.6) is 0 Å². The molecule has 6 heteroatoms. The second-order valence-corrected chi connectivity index (χ2v) is 7.08. The summed E-state index contributed by atoms with van der Waals surface area (Å²) in [6.07, 6.45) is 2.79. The minimum Gasteiger partial charge on any atom is -0.369 e. The number of amides is 1. The molecule has 0 radical (unpaired) electrons. The normalized spacial score (nSPS) is 23.0. The molecule has 2 aliphatic rings. The summed E-state index contributed by atoms with van der Waals surface area (Å²) in [5.74, 6) is 0.616. The highest BCUT2D eigenvalue weighted by molar-refractivity contribution is 5.77. The van der Waals surface area contributed by atoms with E-state index in [-0.39, 0.29) is 12.3 Å². The zero-order chi connectivity index (χ0) is 17.4. The molecule has 1 amide bonds. The van der Waals surface area contributed by atoms with Crippen molar-refractivity contribution in [2.75, 3.05) is 25.0 Å².